The molecule has 1 N–H and O–H groups in total. The van der Waals surface area contributed by atoms with Crippen LogP contribution in [0.3, 0.4) is 0 Å². The molecular weight excluding hydrogens is 266 g/mol. The summed E-state index contributed by atoms with van der Waals surface area (Å²) in [6.45, 7) is 1.76. The largest absolute Gasteiger partial charge is 0.493 e. The van der Waals surface area contributed by atoms with Gasteiger partial charge in [-0.05, 0) is 31.2 Å². The highest BCUT2D eigenvalue weighted by molar-refractivity contribution is 7.89. The standard InChI is InChI=1S/C12H15N3O3S/c1-9-8-12(16)15(13-9)10-4-6-11(7-5-10)19(17,18)14(2)3/h4-8,16H,1-3H3. The molecule has 0 radical (unpaired) electrons. The SMILES string of the molecule is Cc1cc(O)n(-c2ccc(S(=O)(=O)N(C)C)cc2)n1. The number of hydrogen-bond acceptors (Lipinski definition) is 4. The Hall–Kier alpha value is -1.86. The molecule has 0 saturated heterocycles. The molecule has 0 atom stereocenters. The molecule has 1 aromatic heterocycles. The molecule has 0 bridgehead atoms. The summed E-state index contributed by atoms with van der Waals surface area (Å²) in [4.78, 5) is 0.199. The van der Waals surface area contributed by atoms with Gasteiger partial charge >= 0.3 is 0 Å². The van der Waals surface area contributed by atoms with Gasteiger partial charge in [0, 0.05) is 20.2 Å². The molecule has 2 aromatic rings. The summed E-state index contributed by atoms with van der Waals surface area (Å²) in [5.74, 6) is 0.0146. The lowest BCUT2D eigenvalue weighted by Gasteiger charge is -2.11. The topological polar surface area (TPSA) is 75.4 Å². The molecule has 0 fully saturated rings. The van der Waals surface area contributed by atoms with Gasteiger partial charge in [-0.1, -0.05) is 0 Å². The van der Waals surface area contributed by atoms with Crippen molar-refractivity contribution in [2.45, 2.75) is 11.8 Å². The van der Waals surface area contributed by atoms with Crippen molar-refractivity contribution in [3.63, 3.8) is 0 Å². The van der Waals surface area contributed by atoms with Gasteiger partial charge in [-0.25, -0.2) is 17.4 Å². The summed E-state index contributed by atoms with van der Waals surface area (Å²) in [5.41, 5.74) is 1.28. The maximum absolute atomic E-state index is 11.9. The molecule has 2 rings (SSSR count). The van der Waals surface area contributed by atoms with Crippen LogP contribution in [0, 0.1) is 6.92 Å². The third kappa shape index (κ3) is 2.47. The van der Waals surface area contributed by atoms with Gasteiger partial charge in [0.15, 0.2) is 0 Å². The molecular formula is C12H15N3O3S. The number of aromatic hydroxyl groups is 1. The van der Waals surface area contributed by atoms with Gasteiger partial charge in [-0.2, -0.15) is 5.10 Å². The predicted molar refractivity (Wildman–Crippen MR) is 70.8 cm³/mol. The van der Waals surface area contributed by atoms with E-state index >= 15 is 0 Å². The molecule has 0 aliphatic rings. The molecule has 0 unspecified atom stereocenters. The molecule has 6 nitrogen and oxygen atoms in total. The molecule has 0 amide bonds. The lowest BCUT2D eigenvalue weighted by atomic mass is 10.3. The summed E-state index contributed by atoms with van der Waals surface area (Å²) in [7, 11) is -0.483. The van der Waals surface area contributed by atoms with Crippen molar-refractivity contribution >= 4 is 10.0 Å². The number of sulfonamides is 1. The summed E-state index contributed by atoms with van der Waals surface area (Å²) in [6, 6.07) is 7.71. The van der Waals surface area contributed by atoms with Crippen LogP contribution in [0.2, 0.25) is 0 Å². The predicted octanol–water partition coefficient (Wildman–Crippen LogP) is 1.14. The number of hydrogen-bond donors (Lipinski definition) is 1. The van der Waals surface area contributed by atoms with Crippen molar-refractivity contribution in [3.8, 4) is 11.6 Å². The van der Waals surface area contributed by atoms with Crippen LogP contribution in [-0.4, -0.2) is 41.7 Å². The van der Waals surface area contributed by atoms with Gasteiger partial charge < -0.3 is 5.11 Å². The average Bonchev–Trinajstić information content (AvgIpc) is 2.68. The highest BCUT2D eigenvalue weighted by atomic mass is 32.2. The lowest BCUT2D eigenvalue weighted by Crippen LogP contribution is -2.22. The van der Waals surface area contributed by atoms with Crippen LogP contribution in [0.25, 0.3) is 5.69 Å². The third-order valence-corrected chi connectivity index (χ3v) is 4.50. The smallest absolute Gasteiger partial charge is 0.242 e. The maximum atomic E-state index is 11.9. The van der Waals surface area contributed by atoms with Crippen LogP contribution in [-0.2, 0) is 10.0 Å². The zero-order valence-corrected chi connectivity index (χ0v) is 11.7. The maximum Gasteiger partial charge on any atom is 0.242 e. The summed E-state index contributed by atoms with van der Waals surface area (Å²) in [6.07, 6.45) is 0. The number of nitrogens with zero attached hydrogens (tertiary/aromatic N) is 3. The van der Waals surface area contributed by atoms with E-state index in [1.165, 1.54) is 37.0 Å². The first-order valence-electron chi connectivity index (χ1n) is 5.61. The van der Waals surface area contributed by atoms with E-state index in [-0.39, 0.29) is 10.8 Å². The molecule has 1 aromatic carbocycles. The minimum atomic E-state index is -3.44. The Bertz CT molecular complexity index is 688. The zero-order valence-electron chi connectivity index (χ0n) is 10.9. The quantitative estimate of drug-likeness (QED) is 0.915. The molecule has 19 heavy (non-hydrogen) atoms. The summed E-state index contributed by atoms with van der Waals surface area (Å²) >= 11 is 0. The number of rotatable bonds is 3. The first kappa shape index (κ1) is 13.6. The van der Waals surface area contributed by atoms with Crippen molar-refractivity contribution in [1.82, 2.24) is 14.1 Å². The van der Waals surface area contributed by atoms with Crippen molar-refractivity contribution < 1.29 is 13.5 Å². The van der Waals surface area contributed by atoms with Crippen LogP contribution in [0.4, 0.5) is 0 Å². The number of aromatic nitrogens is 2. The van der Waals surface area contributed by atoms with Crippen molar-refractivity contribution in [2.75, 3.05) is 14.1 Å². The van der Waals surface area contributed by atoms with E-state index in [0.717, 1.165) is 4.31 Å². The third-order valence-electron chi connectivity index (χ3n) is 2.67. The van der Waals surface area contributed by atoms with Gasteiger partial charge in [-0.3, -0.25) is 0 Å². The second-order valence-corrected chi connectivity index (χ2v) is 6.49. The fourth-order valence-electron chi connectivity index (χ4n) is 1.65. The van der Waals surface area contributed by atoms with Crippen molar-refractivity contribution in [1.29, 1.82) is 0 Å². The van der Waals surface area contributed by atoms with E-state index in [1.54, 1.807) is 19.1 Å². The monoisotopic (exact) mass is 281 g/mol. The Kier molecular flexibility index (Phi) is 3.34. The van der Waals surface area contributed by atoms with E-state index < -0.39 is 10.0 Å². The molecule has 1 heterocycles. The Labute approximate surface area is 112 Å². The van der Waals surface area contributed by atoms with Gasteiger partial charge in [-0.15, -0.1) is 0 Å². The fourth-order valence-corrected chi connectivity index (χ4v) is 2.55. The highest BCUT2D eigenvalue weighted by Crippen LogP contribution is 2.20. The molecule has 7 heteroatoms. The number of aryl methyl sites for hydroxylation is 1. The molecule has 102 valence electrons. The second kappa shape index (κ2) is 4.67. The van der Waals surface area contributed by atoms with Crippen LogP contribution >= 0.6 is 0 Å². The molecule has 0 spiro atoms. The van der Waals surface area contributed by atoms with E-state index in [0.29, 0.717) is 11.4 Å². The van der Waals surface area contributed by atoms with Gasteiger partial charge in [0.05, 0.1) is 16.3 Å². The lowest BCUT2D eigenvalue weighted by molar-refractivity contribution is 0.433. The summed E-state index contributed by atoms with van der Waals surface area (Å²) < 4.78 is 26.3. The number of benzene rings is 1. The summed E-state index contributed by atoms with van der Waals surface area (Å²) in [5, 5.41) is 13.8. The minimum Gasteiger partial charge on any atom is -0.493 e. The van der Waals surface area contributed by atoms with Crippen molar-refractivity contribution in [3.05, 3.63) is 36.0 Å². The zero-order chi connectivity index (χ0) is 14.2. The van der Waals surface area contributed by atoms with Crippen LogP contribution in [0.5, 0.6) is 5.88 Å². The van der Waals surface area contributed by atoms with Gasteiger partial charge in [0.1, 0.15) is 0 Å². The first-order chi connectivity index (χ1) is 8.82. The van der Waals surface area contributed by atoms with Crippen LogP contribution in [0.1, 0.15) is 5.69 Å². The Morgan fingerprint density at radius 1 is 1.21 bits per heavy atom. The van der Waals surface area contributed by atoms with Crippen LogP contribution in [0.15, 0.2) is 35.2 Å². The minimum absolute atomic E-state index is 0.0146. The van der Waals surface area contributed by atoms with E-state index in [1.807, 2.05) is 0 Å². The van der Waals surface area contributed by atoms with E-state index in [4.69, 9.17) is 0 Å². The average molecular weight is 281 g/mol. The molecule has 0 aliphatic carbocycles. The Morgan fingerprint density at radius 3 is 2.21 bits per heavy atom. The van der Waals surface area contributed by atoms with Gasteiger partial charge in [0.25, 0.3) is 0 Å². The highest BCUT2D eigenvalue weighted by Gasteiger charge is 2.17. The van der Waals surface area contributed by atoms with Crippen molar-refractivity contribution in [2.24, 2.45) is 0 Å². The molecule has 0 saturated carbocycles. The van der Waals surface area contributed by atoms with E-state index in [2.05, 4.69) is 5.10 Å². The Balaban J connectivity index is 2.42. The van der Waals surface area contributed by atoms with Gasteiger partial charge in [0.2, 0.25) is 15.9 Å². The first-order valence-corrected chi connectivity index (χ1v) is 7.05. The second-order valence-electron chi connectivity index (χ2n) is 4.34. The Morgan fingerprint density at radius 2 is 1.79 bits per heavy atom. The van der Waals surface area contributed by atoms with Crippen LogP contribution < -0.4 is 0 Å². The van der Waals surface area contributed by atoms with E-state index in [9.17, 15) is 13.5 Å². The fraction of sp³-hybridized carbons (Fsp3) is 0.250. The molecule has 0 aliphatic heterocycles. The normalized spacial score (nSPS) is 12.0.